The first-order chi connectivity index (χ1) is 8.76. The van der Waals surface area contributed by atoms with Crippen molar-refractivity contribution >= 4 is 34.4 Å². The van der Waals surface area contributed by atoms with Crippen molar-refractivity contribution < 1.29 is 0 Å². The van der Waals surface area contributed by atoms with E-state index in [1.807, 2.05) is 12.1 Å². The Morgan fingerprint density at radius 1 is 1.44 bits per heavy atom. The van der Waals surface area contributed by atoms with E-state index in [9.17, 15) is 0 Å². The SMILES string of the molecule is CCn1cc(/C=N/NC(=S)NC)c2ccccc21. The predicted octanol–water partition coefficient (Wildman–Crippen LogP) is 2.09. The first kappa shape index (κ1) is 12.6. The molecule has 1 aromatic carbocycles. The van der Waals surface area contributed by atoms with Crippen molar-refractivity contribution in [2.45, 2.75) is 13.5 Å². The Bertz CT molecular complexity index is 586. The minimum Gasteiger partial charge on any atom is -0.364 e. The highest BCUT2D eigenvalue weighted by atomic mass is 32.1. The summed E-state index contributed by atoms with van der Waals surface area (Å²) in [6.45, 7) is 3.07. The van der Waals surface area contributed by atoms with Crippen LogP contribution in [0.25, 0.3) is 10.9 Å². The molecule has 0 bridgehead atoms. The van der Waals surface area contributed by atoms with Crippen LogP contribution >= 0.6 is 12.2 Å². The quantitative estimate of drug-likeness (QED) is 0.504. The lowest BCUT2D eigenvalue weighted by Crippen LogP contribution is -2.28. The van der Waals surface area contributed by atoms with Gasteiger partial charge in [0.05, 0.1) is 6.21 Å². The zero-order chi connectivity index (χ0) is 13.0. The number of thiocarbonyl (C=S) groups is 1. The number of hydrazone groups is 1. The lowest BCUT2D eigenvalue weighted by atomic mass is 10.2. The van der Waals surface area contributed by atoms with Gasteiger partial charge in [0.2, 0.25) is 0 Å². The van der Waals surface area contributed by atoms with E-state index in [1.54, 1.807) is 13.3 Å². The number of aromatic nitrogens is 1. The second kappa shape index (κ2) is 5.64. The summed E-state index contributed by atoms with van der Waals surface area (Å²) in [5, 5.41) is 8.62. The van der Waals surface area contributed by atoms with E-state index in [-0.39, 0.29) is 0 Å². The second-order valence-corrected chi connectivity index (χ2v) is 4.24. The number of rotatable bonds is 3. The molecule has 0 fully saturated rings. The maximum Gasteiger partial charge on any atom is 0.186 e. The van der Waals surface area contributed by atoms with Crippen LogP contribution in [-0.2, 0) is 6.54 Å². The Hall–Kier alpha value is -1.88. The summed E-state index contributed by atoms with van der Waals surface area (Å²) in [6.07, 6.45) is 3.89. The summed E-state index contributed by atoms with van der Waals surface area (Å²) in [5.41, 5.74) is 5.06. The number of aryl methyl sites for hydroxylation is 1. The van der Waals surface area contributed by atoms with Crippen molar-refractivity contribution in [1.82, 2.24) is 15.3 Å². The summed E-state index contributed by atoms with van der Waals surface area (Å²) in [6, 6.07) is 8.29. The molecule has 0 saturated carbocycles. The van der Waals surface area contributed by atoms with Gasteiger partial charge >= 0.3 is 0 Å². The van der Waals surface area contributed by atoms with Gasteiger partial charge in [-0.1, -0.05) is 18.2 Å². The van der Waals surface area contributed by atoms with Crippen LogP contribution in [-0.4, -0.2) is 22.9 Å². The van der Waals surface area contributed by atoms with Crippen LogP contribution in [0.5, 0.6) is 0 Å². The summed E-state index contributed by atoms with van der Waals surface area (Å²) in [7, 11) is 1.76. The zero-order valence-electron chi connectivity index (χ0n) is 10.5. The highest BCUT2D eigenvalue weighted by Gasteiger charge is 2.04. The van der Waals surface area contributed by atoms with Crippen molar-refractivity contribution in [3.63, 3.8) is 0 Å². The Morgan fingerprint density at radius 3 is 2.94 bits per heavy atom. The molecule has 0 saturated heterocycles. The van der Waals surface area contributed by atoms with Gasteiger partial charge in [-0.25, -0.2) is 0 Å². The van der Waals surface area contributed by atoms with Crippen LogP contribution in [0.4, 0.5) is 0 Å². The van der Waals surface area contributed by atoms with Crippen molar-refractivity contribution in [3.8, 4) is 0 Å². The lowest BCUT2D eigenvalue weighted by molar-refractivity contribution is 0.797. The van der Waals surface area contributed by atoms with Crippen molar-refractivity contribution in [3.05, 3.63) is 36.0 Å². The molecule has 0 aliphatic carbocycles. The fourth-order valence-corrected chi connectivity index (χ4v) is 1.91. The summed E-state index contributed by atoms with van der Waals surface area (Å²) in [5.74, 6) is 0. The van der Waals surface area contributed by atoms with E-state index >= 15 is 0 Å². The molecule has 2 aromatic rings. The second-order valence-electron chi connectivity index (χ2n) is 3.84. The molecule has 2 rings (SSSR count). The summed E-state index contributed by atoms with van der Waals surface area (Å²) < 4.78 is 2.20. The third-order valence-electron chi connectivity index (χ3n) is 2.76. The minimum absolute atomic E-state index is 0.505. The first-order valence-corrected chi connectivity index (χ1v) is 6.25. The molecular formula is C13H16N4S. The number of hydrogen-bond acceptors (Lipinski definition) is 2. The largest absolute Gasteiger partial charge is 0.364 e. The third kappa shape index (κ3) is 2.51. The minimum atomic E-state index is 0.505. The summed E-state index contributed by atoms with van der Waals surface area (Å²) >= 11 is 4.95. The fraction of sp³-hybridized carbons (Fsp3) is 0.231. The third-order valence-corrected chi connectivity index (χ3v) is 3.05. The van der Waals surface area contributed by atoms with Crippen molar-refractivity contribution in [1.29, 1.82) is 0 Å². The molecule has 0 amide bonds. The molecular weight excluding hydrogens is 244 g/mol. The van der Waals surface area contributed by atoms with Gasteiger partial charge in [0.1, 0.15) is 0 Å². The molecule has 0 aliphatic rings. The lowest BCUT2D eigenvalue weighted by Gasteiger charge is -1.98. The molecule has 1 heterocycles. The van der Waals surface area contributed by atoms with E-state index in [0.717, 1.165) is 12.1 Å². The first-order valence-electron chi connectivity index (χ1n) is 5.85. The Morgan fingerprint density at radius 2 is 2.22 bits per heavy atom. The number of hydrogen-bond donors (Lipinski definition) is 2. The average molecular weight is 260 g/mol. The standard InChI is InChI=1S/C13H16N4S/c1-3-17-9-10(8-15-16-13(18)14-2)11-6-4-5-7-12(11)17/h4-9H,3H2,1-2H3,(H2,14,16,18)/b15-8+. The van der Waals surface area contributed by atoms with Gasteiger partial charge < -0.3 is 9.88 Å². The maximum atomic E-state index is 4.95. The number of benzene rings is 1. The smallest absolute Gasteiger partial charge is 0.186 e. The van der Waals surface area contributed by atoms with Gasteiger partial charge in [-0.2, -0.15) is 5.10 Å². The molecule has 5 heteroatoms. The fourth-order valence-electron chi connectivity index (χ4n) is 1.86. The van der Waals surface area contributed by atoms with E-state index in [0.29, 0.717) is 5.11 Å². The Balaban J connectivity index is 2.31. The zero-order valence-corrected chi connectivity index (χ0v) is 11.3. The molecule has 0 atom stereocenters. The predicted molar refractivity (Wildman–Crippen MR) is 80.0 cm³/mol. The van der Waals surface area contributed by atoms with Crippen LogP contribution in [0.1, 0.15) is 12.5 Å². The Kier molecular flexibility index (Phi) is 3.94. The molecule has 0 unspecified atom stereocenters. The van der Waals surface area contributed by atoms with Gasteiger partial charge in [0, 0.05) is 36.3 Å². The normalized spacial score (nSPS) is 11.0. The van der Waals surface area contributed by atoms with Crippen LogP contribution in [0.15, 0.2) is 35.6 Å². The molecule has 94 valence electrons. The van der Waals surface area contributed by atoms with Gasteiger partial charge in [0.25, 0.3) is 0 Å². The Labute approximate surface area is 112 Å². The van der Waals surface area contributed by atoms with Gasteiger partial charge in [0.15, 0.2) is 5.11 Å². The van der Waals surface area contributed by atoms with E-state index < -0.39 is 0 Å². The number of nitrogens with zero attached hydrogens (tertiary/aromatic N) is 2. The van der Waals surface area contributed by atoms with Crippen LogP contribution in [0.2, 0.25) is 0 Å². The molecule has 0 spiro atoms. The van der Waals surface area contributed by atoms with Crippen LogP contribution in [0, 0.1) is 0 Å². The number of fused-ring (bicyclic) bond motifs is 1. The van der Waals surface area contributed by atoms with Crippen molar-refractivity contribution in [2.24, 2.45) is 5.10 Å². The monoisotopic (exact) mass is 260 g/mol. The molecule has 1 aromatic heterocycles. The summed E-state index contributed by atoms with van der Waals surface area (Å²) in [4.78, 5) is 0. The highest BCUT2D eigenvalue weighted by Crippen LogP contribution is 2.19. The van der Waals surface area contributed by atoms with Crippen LogP contribution < -0.4 is 10.7 Å². The van der Waals surface area contributed by atoms with Gasteiger partial charge in [-0.3, -0.25) is 5.43 Å². The number of para-hydroxylation sites is 1. The topological polar surface area (TPSA) is 41.4 Å². The van der Waals surface area contributed by atoms with E-state index in [1.165, 1.54) is 10.9 Å². The highest BCUT2D eigenvalue weighted by molar-refractivity contribution is 7.80. The molecule has 4 nitrogen and oxygen atoms in total. The maximum absolute atomic E-state index is 4.95. The number of nitrogens with one attached hydrogen (secondary N) is 2. The molecule has 18 heavy (non-hydrogen) atoms. The molecule has 0 radical (unpaired) electrons. The molecule has 2 N–H and O–H groups in total. The average Bonchev–Trinajstić information content (AvgIpc) is 2.77. The van der Waals surface area contributed by atoms with Crippen LogP contribution in [0.3, 0.4) is 0 Å². The van der Waals surface area contributed by atoms with E-state index in [4.69, 9.17) is 12.2 Å². The van der Waals surface area contributed by atoms with Crippen molar-refractivity contribution in [2.75, 3.05) is 7.05 Å². The molecule has 0 aliphatic heterocycles. The van der Waals surface area contributed by atoms with E-state index in [2.05, 4.69) is 45.7 Å². The van der Waals surface area contributed by atoms with Gasteiger partial charge in [-0.15, -0.1) is 0 Å². The van der Waals surface area contributed by atoms with Gasteiger partial charge in [-0.05, 0) is 25.2 Å².